The Morgan fingerprint density at radius 2 is 2.06 bits per heavy atom. The first-order valence-corrected chi connectivity index (χ1v) is 6.81. The first-order valence-electron chi connectivity index (χ1n) is 6.81. The summed E-state index contributed by atoms with van der Waals surface area (Å²) in [5.41, 5.74) is 0. The van der Waals surface area contributed by atoms with Gasteiger partial charge in [-0.2, -0.15) is 0 Å². The lowest BCUT2D eigenvalue weighted by atomic mass is 10.0. The third-order valence-electron chi connectivity index (χ3n) is 3.40. The molecule has 5 nitrogen and oxygen atoms in total. The first kappa shape index (κ1) is 14.8. The minimum absolute atomic E-state index is 0.0800. The maximum Gasteiger partial charge on any atom is 0.315 e. The average Bonchev–Trinajstić information content (AvgIpc) is 2.82. The number of hydrogen-bond acceptors (Lipinski definition) is 3. The lowest BCUT2D eigenvalue weighted by Crippen LogP contribution is -2.45. The topological polar surface area (TPSA) is 67.4 Å². The summed E-state index contributed by atoms with van der Waals surface area (Å²) < 4.78 is 4.75. The zero-order valence-corrected chi connectivity index (χ0v) is 11.3. The second-order valence-corrected chi connectivity index (χ2v) is 4.77. The van der Waals surface area contributed by atoms with E-state index in [1.807, 2.05) is 0 Å². The van der Waals surface area contributed by atoms with Gasteiger partial charge < -0.3 is 15.4 Å². The van der Waals surface area contributed by atoms with E-state index in [9.17, 15) is 9.59 Å². The summed E-state index contributed by atoms with van der Waals surface area (Å²) in [7, 11) is 1.39. The molecule has 0 aromatic carbocycles. The largest absolute Gasteiger partial charge is 0.469 e. The number of esters is 1. The summed E-state index contributed by atoms with van der Waals surface area (Å²) >= 11 is 0. The zero-order chi connectivity index (χ0) is 13.4. The smallest absolute Gasteiger partial charge is 0.315 e. The summed E-state index contributed by atoms with van der Waals surface area (Å²) in [5.74, 6) is -0.403. The Balaban J connectivity index is 2.27. The van der Waals surface area contributed by atoms with E-state index in [1.165, 1.54) is 7.11 Å². The number of ether oxygens (including phenoxy) is 1. The van der Waals surface area contributed by atoms with Crippen LogP contribution in [-0.4, -0.2) is 31.7 Å². The van der Waals surface area contributed by atoms with Crippen molar-refractivity contribution in [2.75, 3.05) is 13.7 Å². The van der Waals surface area contributed by atoms with Gasteiger partial charge in [-0.15, -0.1) is 0 Å². The number of urea groups is 1. The molecule has 104 valence electrons. The number of hydrogen-bond donors (Lipinski definition) is 2. The van der Waals surface area contributed by atoms with Crippen LogP contribution in [0.1, 0.15) is 45.4 Å². The predicted molar refractivity (Wildman–Crippen MR) is 69.2 cm³/mol. The van der Waals surface area contributed by atoms with Crippen LogP contribution in [0.3, 0.4) is 0 Å². The molecule has 0 aromatic rings. The third kappa shape index (κ3) is 4.55. The number of unbranched alkanes of at least 4 members (excludes halogenated alkanes) is 2. The lowest BCUT2D eigenvalue weighted by Gasteiger charge is -2.19. The van der Waals surface area contributed by atoms with Crippen molar-refractivity contribution in [2.24, 2.45) is 5.92 Å². The van der Waals surface area contributed by atoms with Gasteiger partial charge in [0.2, 0.25) is 0 Å². The Kier molecular flexibility index (Phi) is 6.54. The van der Waals surface area contributed by atoms with E-state index < -0.39 is 0 Å². The van der Waals surface area contributed by atoms with Crippen molar-refractivity contribution in [1.82, 2.24) is 10.6 Å². The molecule has 1 aliphatic carbocycles. The Morgan fingerprint density at radius 1 is 1.28 bits per heavy atom. The Bertz CT molecular complexity index is 281. The van der Waals surface area contributed by atoms with Crippen LogP contribution in [0, 0.1) is 5.92 Å². The molecule has 5 heteroatoms. The SMILES string of the molecule is CCCCCNC(=O)N[C@@H]1CCC[C@H]1C(=O)OC. The molecular formula is C13H24N2O3. The van der Waals surface area contributed by atoms with Crippen LogP contribution in [0.25, 0.3) is 0 Å². The van der Waals surface area contributed by atoms with Crippen LogP contribution in [0.4, 0.5) is 4.79 Å². The van der Waals surface area contributed by atoms with Crippen molar-refractivity contribution in [2.45, 2.75) is 51.5 Å². The molecule has 0 spiro atoms. The lowest BCUT2D eigenvalue weighted by molar-refractivity contribution is -0.145. The Labute approximate surface area is 109 Å². The van der Waals surface area contributed by atoms with Crippen LogP contribution in [0.2, 0.25) is 0 Å². The number of methoxy groups -OCH3 is 1. The molecule has 0 saturated heterocycles. The molecule has 0 heterocycles. The number of amides is 2. The number of carbonyl (C=O) groups is 2. The van der Waals surface area contributed by atoms with Gasteiger partial charge in [-0.05, 0) is 19.3 Å². The molecule has 0 radical (unpaired) electrons. The standard InChI is InChI=1S/C13H24N2O3/c1-3-4-5-9-14-13(17)15-11-8-6-7-10(11)12(16)18-2/h10-11H,3-9H2,1-2H3,(H2,14,15,17)/t10-,11-/m1/s1. The summed E-state index contributed by atoms with van der Waals surface area (Å²) in [6.45, 7) is 2.81. The number of carbonyl (C=O) groups excluding carboxylic acids is 2. The van der Waals surface area contributed by atoms with Gasteiger partial charge in [-0.3, -0.25) is 4.79 Å². The molecule has 2 N–H and O–H groups in total. The van der Waals surface area contributed by atoms with Crippen molar-refractivity contribution in [1.29, 1.82) is 0 Å². The minimum atomic E-state index is -0.219. The second kappa shape index (κ2) is 7.95. The summed E-state index contributed by atoms with van der Waals surface area (Å²) in [6.07, 6.45) is 5.86. The molecule has 0 unspecified atom stereocenters. The van der Waals surface area contributed by atoms with Crippen LogP contribution >= 0.6 is 0 Å². The van der Waals surface area contributed by atoms with E-state index in [1.54, 1.807) is 0 Å². The van der Waals surface area contributed by atoms with Crippen molar-refractivity contribution in [3.63, 3.8) is 0 Å². The van der Waals surface area contributed by atoms with Gasteiger partial charge in [-0.25, -0.2) is 4.79 Å². The summed E-state index contributed by atoms with van der Waals surface area (Å²) in [6, 6.07) is -0.254. The minimum Gasteiger partial charge on any atom is -0.469 e. The van der Waals surface area contributed by atoms with E-state index in [-0.39, 0.29) is 24.0 Å². The van der Waals surface area contributed by atoms with Crippen molar-refractivity contribution < 1.29 is 14.3 Å². The zero-order valence-electron chi connectivity index (χ0n) is 11.3. The third-order valence-corrected chi connectivity index (χ3v) is 3.40. The highest BCUT2D eigenvalue weighted by Gasteiger charge is 2.34. The summed E-state index contributed by atoms with van der Waals surface area (Å²) in [4.78, 5) is 23.2. The average molecular weight is 256 g/mol. The molecule has 2 atom stereocenters. The predicted octanol–water partition coefficient (Wildman–Crippen LogP) is 1.82. The fraction of sp³-hybridized carbons (Fsp3) is 0.846. The molecule has 0 aliphatic heterocycles. The van der Waals surface area contributed by atoms with Gasteiger partial charge in [-0.1, -0.05) is 26.2 Å². The highest BCUT2D eigenvalue weighted by molar-refractivity contribution is 5.77. The van der Waals surface area contributed by atoms with E-state index in [0.717, 1.165) is 38.5 Å². The monoisotopic (exact) mass is 256 g/mol. The Hall–Kier alpha value is -1.26. The first-order chi connectivity index (χ1) is 8.69. The van der Waals surface area contributed by atoms with Crippen molar-refractivity contribution in [3.05, 3.63) is 0 Å². The van der Waals surface area contributed by atoms with Gasteiger partial charge in [0.15, 0.2) is 0 Å². The normalized spacial score (nSPS) is 22.6. The fourth-order valence-electron chi connectivity index (χ4n) is 2.36. The van der Waals surface area contributed by atoms with Crippen molar-refractivity contribution in [3.8, 4) is 0 Å². The molecule has 2 amide bonds. The van der Waals surface area contributed by atoms with Gasteiger partial charge in [0.1, 0.15) is 0 Å². The van der Waals surface area contributed by atoms with Gasteiger partial charge in [0.25, 0.3) is 0 Å². The molecule has 1 aliphatic rings. The van der Waals surface area contributed by atoms with Gasteiger partial charge in [0, 0.05) is 12.6 Å². The number of nitrogens with one attached hydrogen (secondary N) is 2. The maximum atomic E-state index is 11.6. The molecular weight excluding hydrogens is 232 g/mol. The maximum absolute atomic E-state index is 11.6. The molecule has 18 heavy (non-hydrogen) atoms. The number of rotatable bonds is 6. The van der Waals surface area contributed by atoms with E-state index in [4.69, 9.17) is 4.74 Å². The fourth-order valence-corrected chi connectivity index (χ4v) is 2.36. The van der Waals surface area contributed by atoms with E-state index >= 15 is 0 Å². The van der Waals surface area contributed by atoms with Crippen LogP contribution < -0.4 is 10.6 Å². The highest BCUT2D eigenvalue weighted by Crippen LogP contribution is 2.26. The van der Waals surface area contributed by atoms with E-state index in [0.29, 0.717) is 6.54 Å². The quantitative estimate of drug-likeness (QED) is 0.562. The van der Waals surface area contributed by atoms with Gasteiger partial charge >= 0.3 is 12.0 Å². The molecule has 0 bridgehead atoms. The second-order valence-electron chi connectivity index (χ2n) is 4.77. The Morgan fingerprint density at radius 3 is 2.72 bits per heavy atom. The van der Waals surface area contributed by atoms with E-state index in [2.05, 4.69) is 17.6 Å². The van der Waals surface area contributed by atoms with Crippen LogP contribution in [-0.2, 0) is 9.53 Å². The molecule has 1 rings (SSSR count). The molecule has 0 aromatic heterocycles. The van der Waals surface area contributed by atoms with Crippen LogP contribution in [0.5, 0.6) is 0 Å². The molecule has 1 saturated carbocycles. The van der Waals surface area contributed by atoms with Crippen LogP contribution in [0.15, 0.2) is 0 Å². The summed E-state index contributed by atoms with van der Waals surface area (Å²) in [5, 5.41) is 5.69. The van der Waals surface area contributed by atoms with Gasteiger partial charge in [0.05, 0.1) is 13.0 Å². The molecule has 1 fully saturated rings. The highest BCUT2D eigenvalue weighted by atomic mass is 16.5. The van der Waals surface area contributed by atoms with Crippen molar-refractivity contribution >= 4 is 12.0 Å².